The SMILES string of the molecule is NNC(c1cc2cc(F)ccc2o1)c1cc(Br)ccc1F. The summed E-state index contributed by atoms with van der Waals surface area (Å²) in [5, 5.41) is 0.598. The van der Waals surface area contributed by atoms with Crippen LogP contribution in [0.3, 0.4) is 0 Å². The Morgan fingerprint density at radius 2 is 1.90 bits per heavy atom. The van der Waals surface area contributed by atoms with Crippen molar-refractivity contribution in [3.8, 4) is 0 Å². The summed E-state index contributed by atoms with van der Waals surface area (Å²) in [6, 6.07) is 9.72. The van der Waals surface area contributed by atoms with Gasteiger partial charge in [-0.2, -0.15) is 0 Å². The molecule has 0 amide bonds. The first-order chi connectivity index (χ1) is 10.1. The molecule has 21 heavy (non-hydrogen) atoms. The number of furan rings is 1. The zero-order valence-corrected chi connectivity index (χ0v) is 12.3. The van der Waals surface area contributed by atoms with Crippen molar-refractivity contribution in [1.82, 2.24) is 5.43 Å². The number of nitrogens with one attached hydrogen (secondary N) is 1. The summed E-state index contributed by atoms with van der Waals surface area (Å²) < 4.78 is 33.6. The molecule has 1 atom stereocenters. The van der Waals surface area contributed by atoms with Crippen LogP contribution >= 0.6 is 15.9 Å². The molecule has 0 radical (unpaired) electrons. The fourth-order valence-corrected chi connectivity index (χ4v) is 2.62. The van der Waals surface area contributed by atoms with Gasteiger partial charge in [-0.05, 0) is 42.5 Å². The molecule has 108 valence electrons. The number of benzene rings is 2. The highest BCUT2D eigenvalue weighted by molar-refractivity contribution is 9.10. The van der Waals surface area contributed by atoms with Crippen LogP contribution in [0.4, 0.5) is 8.78 Å². The molecule has 6 heteroatoms. The van der Waals surface area contributed by atoms with E-state index in [2.05, 4.69) is 21.4 Å². The van der Waals surface area contributed by atoms with E-state index in [-0.39, 0.29) is 5.82 Å². The van der Waals surface area contributed by atoms with Crippen LogP contribution in [0.2, 0.25) is 0 Å². The molecule has 0 aliphatic rings. The summed E-state index contributed by atoms with van der Waals surface area (Å²) in [5.41, 5.74) is 3.38. The van der Waals surface area contributed by atoms with Crippen molar-refractivity contribution in [3.63, 3.8) is 0 Å². The minimum atomic E-state index is -0.669. The molecule has 3 nitrogen and oxygen atoms in total. The van der Waals surface area contributed by atoms with E-state index >= 15 is 0 Å². The minimum absolute atomic E-state index is 0.339. The van der Waals surface area contributed by atoms with Crippen molar-refractivity contribution < 1.29 is 13.2 Å². The van der Waals surface area contributed by atoms with Crippen molar-refractivity contribution >= 4 is 26.9 Å². The van der Waals surface area contributed by atoms with Crippen molar-refractivity contribution in [2.45, 2.75) is 6.04 Å². The Balaban J connectivity index is 2.11. The lowest BCUT2D eigenvalue weighted by atomic mass is 10.0. The number of fused-ring (bicyclic) bond motifs is 1. The normalized spacial score (nSPS) is 12.8. The highest BCUT2D eigenvalue weighted by Crippen LogP contribution is 2.30. The Kier molecular flexibility index (Phi) is 3.75. The third kappa shape index (κ3) is 2.70. The standard InChI is InChI=1S/C15H11BrF2N2O/c16-9-1-3-12(18)11(7-9)15(20-19)14-6-8-5-10(17)2-4-13(8)21-14/h1-7,15,20H,19H2. The van der Waals surface area contributed by atoms with Crippen molar-refractivity contribution in [1.29, 1.82) is 0 Å². The number of hydrogen-bond donors (Lipinski definition) is 2. The van der Waals surface area contributed by atoms with Crippen LogP contribution in [0.15, 0.2) is 51.4 Å². The molecule has 0 saturated carbocycles. The number of hydrogen-bond acceptors (Lipinski definition) is 3. The molecule has 0 aliphatic heterocycles. The number of halogens is 3. The Bertz CT molecular complexity index is 803. The van der Waals surface area contributed by atoms with Crippen LogP contribution in [-0.2, 0) is 0 Å². The van der Waals surface area contributed by atoms with Crippen molar-refractivity contribution in [3.05, 3.63) is 69.9 Å². The molecule has 1 heterocycles. The molecule has 0 aliphatic carbocycles. The molecule has 2 aromatic carbocycles. The minimum Gasteiger partial charge on any atom is -0.459 e. The van der Waals surface area contributed by atoms with Gasteiger partial charge in [0.2, 0.25) is 0 Å². The average molecular weight is 353 g/mol. The van der Waals surface area contributed by atoms with Gasteiger partial charge in [0.25, 0.3) is 0 Å². The van der Waals surface area contributed by atoms with E-state index in [1.54, 1.807) is 18.2 Å². The number of hydrazine groups is 1. The predicted molar refractivity (Wildman–Crippen MR) is 79.4 cm³/mol. The van der Waals surface area contributed by atoms with Gasteiger partial charge in [0.05, 0.1) is 0 Å². The van der Waals surface area contributed by atoms with Gasteiger partial charge in [0, 0.05) is 15.4 Å². The van der Waals surface area contributed by atoms with Crippen LogP contribution in [0.25, 0.3) is 11.0 Å². The molecular formula is C15H11BrF2N2O. The molecular weight excluding hydrogens is 342 g/mol. The fourth-order valence-electron chi connectivity index (χ4n) is 2.24. The van der Waals surface area contributed by atoms with E-state index in [0.717, 1.165) is 4.47 Å². The zero-order valence-electron chi connectivity index (χ0n) is 10.7. The van der Waals surface area contributed by atoms with Crippen LogP contribution in [0.1, 0.15) is 17.4 Å². The van der Waals surface area contributed by atoms with Crippen LogP contribution < -0.4 is 11.3 Å². The summed E-state index contributed by atoms with van der Waals surface area (Å²) in [6.45, 7) is 0. The maximum absolute atomic E-state index is 14.0. The van der Waals surface area contributed by atoms with Crippen LogP contribution in [-0.4, -0.2) is 0 Å². The van der Waals surface area contributed by atoms with Gasteiger partial charge in [0.15, 0.2) is 0 Å². The maximum Gasteiger partial charge on any atom is 0.134 e. The highest BCUT2D eigenvalue weighted by atomic mass is 79.9. The average Bonchev–Trinajstić information content (AvgIpc) is 2.86. The lowest BCUT2D eigenvalue weighted by molar-refractivity contribution is 0.462. The Hall–Kier alpha value is -1.76. The Labute approximate surface area is 127 Å². The van der Waals surface area contributed by atoms with Gasteiger partial charge in [-0.3, -0.25) is 5.84 Å². The first-order valence-corrected chi connectivity index (χ1v) is 6.98. The van der Waals surface area contributed by atoms with Crippen molar-refractivity contribution in [2.75, 3.05) is 0 Å². The molecule has 3 aromatic rings. The summed E-state index contributed by atoms with van der Waals surface area (Å²) in [4.78, 5) is 0. The molecule has 0 bridgehead atoms. The van der Waals surface area contributed by atoms with Gasteiger partial charge in [-0.15, -0.1) is 0 Å². The predicted octanol–water partition coefficient (Wildman–Crippen LogP) is 4.03. The van der Waals surface area contributed by atoms with E-state index in [1.807, 2.05) is 0 Å². The zero-order chi connectivity index (χ0) is 15.0. The molecule has 1 aromatic heterocycles. The molecule has 1 unspecified atom stereocenters. The molecule has 0 fully saturated rings. The molecule has 3 rings (SSSR count). The Morgan fingerprint density at radius 3 is 2.67 bits per heavy atom. The summed E-state index contributed by atoms with van der Waals surface area (Å²) in [5.74, 6) is 5.18. The first-order valence-electron chi connectivity index (χ1n) is 6.18. The summed E-state index contributed by atoms with van der Waals surface area (Å²) >= 11 is 3.30. The molecule has 0 saturated heterocycles. The third-order valence-electron chi connectivity index (χ3n) is 3.22. The highest BCUT2D eigenvalue weighted by Gasteiger charge is 2.21. The Morgan fingerprint density at radius 1 is 1.10 bits per heavy atom. The summed E-state index contributed by atoms with van der Waals surface area (Å²) in [7, 11) is 0. The van der Waals surface area contributed by atoms with E-state index in [4.69, 9.17) is 10.3 Å². The van der Waals surface area contributed by atoms with E-state index in [0.29, 0.717) is 22.3 Å². The quantitative estimate of drug-likeness (QED) is 0.552. The van der Waals surface area contributed by atoms with E-state index in [9.17, 15) is 8.78 Å². The van der Waals surface area contributed by atoms with E-state index in [1.165, 1.54) is 24.3 Å². The van der Waals surface area contributed by atoms with Crippen LogP contribution in [0, 0.1) is 11.6 Å². The smallest absolute Gasteiger partial charge is 0.134 e. The number of rotatable bonds is 3. The second-order valence-corrected chi connectivity index (χ2v) is 5.51. The number of nitrogens with two attached hydrogens (primary N) is 1. The van der Waals surface area contributed by atoms with Crippen LogP contribution in [0.5, 0.6) is 0 Å². The second-order valence-electron chi connectivity index (χ2n) is 4.60. The van der Waals surface area contributed by atoms with E-state index < -0.39 is 11.9 Å². The van der Waals surface area contributed by atoms with Gasteiger partial charge in [0.1, 0.15) is 29.0 Å². The lowest BCUT2D eigenvalue weighted by Crippen LogP contribution is -2.29. The molecule has 3 N–H and O–H groups in total. The first kappa shape index (κ1) is 14.2. The topological polar surface area (TPSA) is 51.2 Å². The van der Waals surface area contributed by atoms with Crippen molar-refractivity contribution in [2.24, 2.45) is 5.84 Å². The van der Waals surface area contributed by atoms with Gasteiger partial charge in [-0.1, -0.05) is 15.9 Å². The second kappa shape index (κ2) is 5.55. The molecule has 0 spiro atoms. The van der Waals surface area contributed by atoms with Gasteiger partial charge >= 0.3 is 0 Å². The van der Waals surface area contributed by atoms with Gasteiger partial charge < -0.3 is 4.42 Å². The fraction of sp³-hybridized carbons (Fsp3) is 0.0667. The third-order valence-corrected chi connectivity index (χ3v) is 3.71. The largest absolute Gasteiger partial charge is 0.459 e. The lowest BCUT2D eigenvalue weighted by Gasteiger charge is -2.14. The van der Waals surface area contributed by atoms with Gasteiger partial charge in [-0.25, -0.2) is 14.2 Å². The monoisotopic (exact) mass is 352 g/mol. The maximum atomic E-state index is 14.0. The summed E-state index contributed by atoms with van der Waals surface area (Å²) in [6.07, 6.45) is 0.